The van der Waals surface area contributed by atoms with Crippen LogP contribution in [0.2, 0.25) is 0 Å². The zero-order valence-electron chi connectivity index (χ0n) is 17.1. The van der Waals surface area contributed by atoms with E-state index >= 15 is 0 Å². The van der Waals surface area contributed by atoms with E-state index < -0.39 is 0 Å². The summed E-state index contributed by atoms with van der Waals surface area (Å²) in [6.45, 7) is 10.8. The third-order valence-electron chi connectivity index (χ3n) is 4.20. The van der Waals surface area contributed by atoms with Crippen LogP contribution in [-0.4, -0.2) is 35.2 Å². The molecule has 5 nitrogen and oxygen atoms in total. The number of thiazole rings is 1. The van der Waals surface area contributed by atoms with Crippen molar-refractivity contribution < 1.29 is 9.90 Å². The summed E-state index contributed by atoms with van der Waals surface area (Å²) in [5.41, 5.74) is 4.87. The molecule has 1 amide bonds. The predicted molar refractivity (Wildman–Crippen MR) is 114 cm³/mol. The highest BCUT2D eigenvalue weighted by Gasteiger charge is 2.24. The zero-order chi connectivity index (χ0) is 20.2. The first kappa shape index (κ1) is 23.3. The number of hydrogen-bond donors (Lipinski definition) is 3. The molecule has 27 heavy (non-hydrogen) atoms. The fraction of sp³-hybridized carbons (Fsp3) is 0.524. The van der Waals surface area contributed by atoms with Crippen LogP contribution in [-0.2, 0) is 4.79 Å². The number of hydrogen-bond acceptors (Lipinski definition) is 5. The minimum absolute atomic E-state index is 0.0380. The Kier molecular flexibility index (Phi) is 10.9. The molecular formula is C21H33N3O2S. The average molecular weight is 392 g/mol. The van der Waals surface area contributed by atoms with Crippen LogP contribution in [0.15, 0.2) is 29.8 Å². The number of aromatic nitrogens is 1. The first-order chi connectivity index (χ1) is 13.2. The quantitative estimate of drug-likeness (QED) is 0.718. The Morgan fingerprint density at radius 3 is 2.44 bits per heavy atom. The van der Waals surface area contributed by atoms with E-state index in [2.05, 4.69) is 15.6 Å². The van der Waals surface area contributed by atoms with Gasteiger partial charge in [-0.05, 0) is 37.4 Å². The molecule has 150 valence electrons. The summed E-state index contributed by atoms with van der Waals surface area (Å²) in [5, 5.41) is 15.7. The average Bonchev–Trinajstić information content (AvgIpc) is 3.41. The third kappa shape index (κ3) is 6.41. The van der Waals surface area contributed by atoms with Crippen LogP contribution in [0.25, 0.3) is 10.4 Å². The van der Waals surface area contributed by atoms with Gasteiger partial charge in [-0.2, -0.15) is 0 Å². The highest BCUT2D eigenvalue weighted by molar-refractivity contribution is 7.13. The van der Waals surface area contributed by atoms with Crippen molar-refractivity contribution in [3.8, 4) is 10.4 Å². The summed E-state index contributed by atoms with van der Waals surface area (Å²) in [5.74, 6) is -0.0380. The number of amides is 1. The number of carbonyl (C=O) groups is 1. The van der Waals surface area contributed by atoms with Crippen LogP contribution in [0.5, 0.6) is 0 Å². The molecule has 1 aromatic carbocycles. The van der Waals surface area contributed by atoms with E-state index in [9.17, 15) is 9.90 Å². The summed E-state index contributed by atoms with van der Waals surface area (Å²) in [7, 11) is 0. The maximum Gasteiger partial charge on any atom is 0.237 e. The highest BCUT2D eigenvalue weighted by atomic mass is 32.1. The molecule has 0 aliphatic carbocycles. The van der Waals surface area contributed by atoms with Crippen molar-refractivity contribution in [2.45, 2.75) is 59.5 Å². The van der Waals surface area contributed by atoms with Crippen molar-refractivity contribution in [3.05, 3.63) is 41.0 Å². The van der Waals surface area contributed by atoms with Crippen molar-refractivity contribution in [2.24, 2.45) is 0 Å². The molecule has 2 aromatic rings. The molecule has 2 unspecified atom stereocenters. The molecular weight excluding hydrogens is 358 g/mol. The van der Waals surface area contributed by atoms with Gasteiger partial charge in [0.1, 0.15) is 0 Å². The van der Waals surface area contributed by atoms with Gasteiger partial charge in [0.15, 0.2) is 0 Å². The Hall–Kier alpha value is -1.76. The fourth-order valence-electron chi connectivity index (χ4n) is 2.86. The lowest BCUT2D eigenvalue weighted by atomic mass is 10.0. The monoisotopic (exact) mass is 391 g/mol. The zero-order valence-corrected chi connectivity index (χ0v) is 17.9. The Morgan fingerprint density at radius 1 is 1.30 bits per heavy atom. The molecule has 3 N–H and O–H groups in total. The van der Waals surface area contributed by atoms with E-state index in [4.69, 9.17) is 0 Å². The van der Waals surface area contributed by atoms with Crippen LogP contribution in [0.4, 0.5) is 0 Å². The summed E-state index contributed by atoms with van der Waals surface area (Å²) >= 11 is 1.61. The highest BCUT2D eigenvalue weighted by Crippen LogP contribution is 2.28. The summed E-state index contributed by atoms with van der Waals surface area (Å²) in [4.78, 5) is 17.6. The van der Waals surface area contributed by atoms with Gasteiger partial charge < -0.3 is 15.7 Å². The molecule has 1 saturated heterocycles. The number of rotatable bonds is 5. The van der Waals surface area contributed by atoms with E-state index in [1.165, 1.54) is 0 Å². The second-order valence-electron chi connectivity index (χ2n) is 5.78. The number of nitrogens with one attached hydrogen (secondary N) is 2. The van der Waals surface area contributed by atoms with Gasteiger partial charge in [0.25, 0.3) is 0 Å². The first-order valence-electron chi connectivity index (χ1n) is 9.84. The lowest BCUT2D eigenvalue weighted by Gasteiger charge is -2.19. The van der Waals surface area contributed by atoms with Gasteiger partial charge in [0.2, 0.25) is 5.91 Å². The Bertz CT molecular complexity index is 664. The summed E-state index contributed by atoms with van der Waals surface area (Å²) in [6, 6.07) is 7.43. The van der Waals surface area contributed by atoms with E-state index in [-0.39, 0.29) is 24.6 Å². The van der Waals surface area contributed by atoms with E-state index in [0.717, 1.165) is 41.1 Å². The maximum absolute atomic E-state index is 12.2. The molecule has 1 aliphatic heterocycles. The van der Waals surface area contributed by atoms with Crippen molar-refractivity contribution in [1.29, 1.82) is 0 Å². The van der Waals surface area contributed by atoms with Gasteiger partial charge in [0, 0.05) is 0 Å². The van der Waals surface area contributed by atoms with Gasteiger partial charge in [-0.3, -0.25) is 4.79 Å². The van der Waals surface area contributed by atoms with E-state index in [1.807, 2.05) is 64.4 Å². The SMILES string of the molecule is CC.CC.Cc1ncsc1-c1ccc(C(CO)NC(=O)C2CCCN2)cc1. The van der Waals surface area contributed by atoms with Gasteiger partial charge in [-0.25, -0.2) is 4.98 Å². The van der Waals surface area contributed by atoms with Crippen LogP contribution in [0.3, 0.4) is 0 Å². The van der Waals surface area contributed by atoms with Crippen molar-refractivity contribution in [1.82, 2.24) is 15.6 Å². The van der Waals surface area contributed by atoms with Crippen LogP contribution < -0.4 is 10.6 Å². The molecule has 3 rings (SSSR count). The number of carbonyl (C=O) groups excluding carboxylic acids is 1. The lowest BCUT2D eigenvalue weighted by molar-refractivity contribution is -0.123. The molecule has 1 aromatic heterocycles. The van der Waals surface area contributed by atoms with Crippen LogP contribution in [0.1, 0.15) is 57.8 Å². The molecule has 0 spiro atoms. The molecule has 0 radical (unpaired) electrons. The number of aliphatic hydroxyl groups excluding tert-OH is 1. The van der Waals surface area contributed by atoms with Crippen molar-refractivity contribution in [3.63, 3.8) is 0 Å². The van der Waals surface area contributed by atoms with Crippen molar-refractivity contribution >= 4 is 17.2 Å². The minimum atomic E-state index is -0.374. The molecule has 0 saturated carbocycles. The molecule has 0 bridgehead atoms. The Balaban J connectivity index is 0.000000855. The minimum Gasteiger partial charge on any atom is -0.394 e. The lowest BCUT2D eigenvalue weighted by Crippen LogP contribution is -2.42. The largest absolute Gasteiger partial charge is 0.394 e. The van der Waals surface area contributed by atoms with Gasteiger partial charge in [0.05, 0.1) is 34.8 Å². The standard InChI is InChI=1S/C17H21N3O2S.2C2H6/c1-11-16(23-10-19-11)13-6-4-12(5-7-13)15(9-21)20-17(22)14-3-2-8-18-14;2*1-2/h4-7,10,14-15,18,21H,2-3,8-9H2,1H3,(H,20,22);2*1-2H3. The number of benzene rings is 1. The number of aryl methyl sites for hydroxylation is 1. The number of aliphatic hydroxyl groups is 1. The third-order valence-corrected chi connectivity index (χ3v) is 5.17. The van der Waals surface area contributed by atoms with E-state index in [0.29, 0.717) is 0 Å². The van der Waals surface area contributed by atoms with Crippen LogP contribution >= 0.6 is 11.3 Å². The first-order valence-corrected chi connectivity index (χ1v) is 10.7. The molecule has 1 fully saturated rings. The number of nitrogens with zero attached hydrogens (tertiary/aromatic N) is 1. The second-order valence-corrected chi connectivity index (χ2v) is 6.64. The second kappa shape index (κ2) is 12.6. The van der Waals surface area contributed by atoms with Gasteiger partial charge in [-0.15, -0.1) is 11.3 Å². The topological polar surface area (TPSA) is 74.2 Å². The summed E-state index contributed by atoms with van der Waals surface area (Å²) in [6.07, 6.45) is 1.87. The van der Waals surface area contributed by atoms with Crippen molar-refractivity contribution in [2.75, 3.05) is 13.2 Å². The normalized spacial score (nSPS) is 16.4. The predicted octanol–water partition coefficient (Wildman–Crippen LogP) is 4.07. The Morgan fingerprint density at radius 2 is 1.96 bits per heavy atom. The van der Waals surface area contributed by atoms with E-state index in [1.54, 1.807) is 11.3 Å². The molecule has 2 heterocycles. The van der Waals surface area contributed by atoms with Gasteiger partial charge in [-0.1, -0.05) is 52.0 Å². The fourth-order valence-corrected chi connectivity index (χ4v) is 3.67. The van der Waals surface area contributed by atoms with Crippen LogP contribution in [0, 0.1) is 6.92 Å². The Labute approximate surface area is 167 Å². The maximum atomic E-state index is 12.2. The summed E-state index contributed by atoms with van der Waals surface area (Å²) < 4.78 is 0. The van der Waals surface area contributed by atoms with Gasteiger partial charge >= 0.3 is 0 Å². The molecule has 2 atom stereocenters. The smallest absolute Gasteiger partial charge is 0.237 e. The molecule has 6 heteroatoms. The molecule has 1 aliphatic rings.